The summed E-state index contributed by atoms with van der Waals surface area (Å²) in [6, 6.07) is 12.3. The Bertz CT molecular complexity index is 979. The first-order valence-electron chi connectivity index (χ1n) is 10.1. The van der Waals surface area contributed by atoms with Gasteiger partial charge in [-0.2, -0.15) is 9.57 Å². The molecule has 3 rings (SSSR count). The fourth-order valence-electron chi connectivity index (χ4n) is 3.51. The van der Waals surface area contributed by atoms with Gasteiger partial charge in [-0.05, 0) is 42.2 Å². The molecule has 1 aromatic carbocycles. The molecule has 2 aromatic rings. The number of piperidine rings is 1. The van der Waals surface area contributed by atoms with Gasteiger partial charge in [0.1, 0.15) is 0 Å². The van der Waals surface area contributed by atoms with E-state index in [0.29, 0.717) is 26.2 Å². The summed E-state index contributed by atoms with van der Waals surface area (Å²) in [7, 11) is -3.48. The largest absolute Gasteiger partial charge is 0.337 e. The van der Waals surface area contributed by atoms with E-state index in [-0.39, 0.29) is 23.6 Å². The average Bonchev–Trinajstić information content (AvgIpc) is 2.78. The number of amides is 1. The highest BCUT2D eigenvalue weighted by molar-refractivity contribution is 7.89. The van der Waals surface area contributed by atoms with E-state index < -0.39 is 10.0 Å². The second-order valence-corrected chi connectivity index (χ2v) is 9.31. The van der Waals surface area contributed by atoms with Crippen molar-refractivity contribution in [1.82, 2.24) is 14.2 Å². The van der Waals surface area contributed by atoms with Crippen LogP contribution in [0.3, 0.4) is 0 Å². The molecule has 7 nitrogen and oxygen atoms in total. The first-order valence-corrected chi connectivity index (χ1v) is 11.6. The van der Waals surface area contributed by atoms with Gasteiger partial charge in [-0.1, -0.05) is 24.6 Å². The van der Waals surface area contributed by atoms with Crippen molar-refractivity contribution in [3.8, 4) is 6.07 Å². The van der Waals surface area contributed by atoms with E-state index in [4.69, 9.17) is 5.26 Å². The molecule has 0 saturated carbocycles. The SMILES string of the molecule is N#CCCN(Cc1cccnc1)C(=O)Cc1ccc(S(=O)(=O)N2CCCCC2)cc1. The van der Waals surface area contributed by atoms with Crippen molar-refractivity contribution >= 4 is 15.9 Å². The standard InChI is InChI=1S/C22H26N4O3S/c23-11-5-13-25(18-20-6-4-12-24-17-20)22(27)16-19-7-9-21(10-8-19)30(28,29)26-14-2-1-3-15-26/h4,6-10,12,17H,1-3,5,13-16,18H2. The topological polar surface area (TPSA) is 94.4 Å². The minimum atomic E-state index is -3.48. The van der Waals surface area contributed by atoms with Gasteiger partial charge in [0.05, 0.1) is 23.8 Å². The number of nitriles is 1. The smallest absolute Gasteiger partial charge is 0.243 e. The Kier molecular flexibility index (Phi) is 7.55. The van der Waals surface area contributed by atoms with Crippen LogP contribution in [0.4, 0.5) is 0 Å². The lowest BCUT2D eigenvalue weighted by molar-refractivity contribution is -0.131. The number of nitrogens with zero attached hydrogens (tertiary/aromatic N) is 4. The number of carbonyl (C=O) groups excluding carboxylic acids is 1. The van der Waals surface area contributed by atoms with Crippen LogP contribution in [0.5, 0.6) is 0 Å². The molecule has 1 aromatic heterocycles. The number of aromatic nitrogens is 1. The van der Waals surface area contributed by atoms with Gasteiger partial charge in [-0.3, -0.25) is 9.78 Å². The van der Waals surface area contributed by atoms with E-state index in [1.54, 1.807) is 41.6 Å². The van der Waals surface area contributed by atoms with Gasteiger partial charge in [-0.15, -0.1) is 0 Å². The van der Waals surface area contributed by atoms with Gasteiger partial charge >= 0.3 is 0 Å². The molecule has 2 heterocycles. The van der Waals surface area contributed by atoms with Crippen LogP contribution in [0.2, 0.25) is 0 Å². The van der Waals surface area contributed by atoms with E-state index in [2.05, 4.69) is 11.1 Å². The molecular formula is C22H26N4O3S. The maximum Gasteiger partial charge on any atom is 0.243 e. The maximum atomic E-state index is 12.8. The van der Waals surface area contributed by atoms with E-state index >= 15 is 0 Å². The zero-order chi connectivity index (χ0) is 21.4. The quantitative estimate of drug-likeness (QED) is 0.647. The molecule has 0 N–H and O–H groups in total. The van der Waals surface area contributed by atoms with E-state index in [1.807, 2.05) is 12.1 Å². The molecule has 1 saturated heterocycles. The van der Waals surface area contributed by atoms with Crippen molar-refractivity contribution in [3.63, 3.8) is 0 Å². The summed E-state index contributed by atoms with van der Waals surface area (Å²) in [5.41, 5.74) is 1.64. The Labute approximate surface area is 178 Å². The third kappa shape index (κ3) is 5.65. The molecule has 8 heteroatoms. The van der Waals surface area contributed by atoms with Crippen molar-refractivity contribution in [2.45, 2.75) is 43.5 Å². The normalized spacial score (nSPS) is 14.8. The second kappa shape index (κ2) is 10.3. The first-order chi connectivity index (χ1) is 14.5. The van der Waals surface area contributed by atoms with Gasteiger partial charge in [0.2, 0.25) is 15.9 Å². The molecule has 0 unspecified atom stereocenters. The number of hydrogen-bond acceptors (Lipinski definition) is 5. The predicted molar refractivity (Wildman–Crippen MR) is 113 cm³/mol. The Morgan fingerprint density at radius 3 is 2.47 bits per heavy atom. The Balaban J connectivity index is 1.68. The van der Waals surface area contributed by atoms with Crippen LogP contribution in [-0.2, 0) is 27.8 Å². The van der Waals surface area contributed by atoms with Crippen LogP contribution < -0.4 is 0 Å². The molecule has 0 radical (unpaired) electrons. The summed E-state index contributed by atoms with van der Waals surface area (Å²) in [6.45, 7) is 1.84. The minimum Gasteiger partial charge on any atom is -0.337 e. The Hall–Kier alpha value is -2.76. The number of pyridine rings is 1. The number of sulfonamides is 1. The number of hydrogen-bond donors (Lipinski definition) is 0. The third-order valence-electron chi connectivity index (χ3n) is 5.17. The zero-order valence-corrected chi connectivity index (χ0v) is 17.7. The number of carbonyl (C=O) groups is 1. The monoisotopic (exact) mass is 426 g/mol. The highest BCUT2D eigenvalue weighted by atomic mass is 32.2. The lowest BCUT2D eigenvalue weighted by atomic mass is 10.1. The predicted octanol–water partition coefficient (Wildman–Crippen LogP) is 2.74. The summed E-state index contributed by atoms with van der Waals surface area (Å²) in [6.07, 6.45) is 6.61. The molecule has 158 valence electrons. The Morgan fingerprint density at radius 1 is 1.10 bits per heavy atom. The summed E-state index contributed by atoms with van der Waals surface area (Å²) in [5, 5.41) is 8.91. The Morgan fingerprint density at radius 2 is 1.83 bits per heavy atom. The molecule has 30 heavy (non-hydrogen) atoms. The van der Waals surface area contributed by atoms with Crippen LogP contribution in [0.15, 0.2) is 53.7 Å². The fourth-order valence-corrected chi connectivity index (χ4v) is 5.03. The van der Waals surface area contributed by atoms with Crippen molar-refractivity contribution in [1.29, 1.82) is 5.26 Å². The summed E-state index contributed by atoms with van der Waals surface area (Å²) < 4.78 is 27.1. The van der Waals surface area contributed by atoms with Crippen LogP contribution in [0.1, 0.15) is 36.8 Å². The van der Waals surface area contributed by atoms with Gasteiger partial charge in [-0.25, -0.2) is 8.42 Å². The molecular weight excluding hydrogens is 400 g/mol. The molecule has 1 fully saturated rings. The zero-order valence-electron chi connectivity index (χ0n) is 16.9. The van der Waals surface area contributed by atoms with Gasteiger partial charge in [0.15, 0.2) is 0 Å². The average molecular weight is 427 g/mol. The molecule has 0 aliphatic carbocycles. The third-order valence-corrected chi connectivity index (χ3v) is 7.09. The summed E-state index contributed by atoms with van der Waals surface area (Å²) >= 11 is 0. The highest BCUT2D eigenvalue weighted by Gasteiger charge is 2.25. The van der Waals surface area contributed by atoms with Gasteiger partial charge in [0.25, 0.3) is 0 Å². The van der Waals surface area contributed by atoms with Gasteiger partial charge < -0.3 is 4.90 Å². The van der Waals surface area contributed by atoms with Crippen LogP contribution in [0.25, 0.3) is 0 Å². The van der Waals surface area contributed by atoms with Gasteiger partial charge in [0, 0.05) is 38.6 Å². The molecule has 0 spiro atoms. The highest BCUT2D eigenvalue weighted by Crippen LogP contribution is 2.21. The number of rotatable bonds is 8. The lowest BCUT2D eigenvalue weighted by Crippen LogP contribution is -2.35. The van der Waals surface area contributed by atoms with Crippen molar-refractivity contribution in [3.05, 3.63) is 59.9 Å². The maximum absolute atomic E-state index is 12.8. The molecule has 1 aliphatic rings. The summed E-state index contributed by atoms with van der Waals surface area (Å²) in [5.74, 6) is -0.110. The van der Waals surface area contributed by atoms with Crippen molar-refractivity contribution < 1.29 is 13.2 Å². The van der Waals surface area contributed by atoms with Crippen LogP contribution in [-0.4, -0.2) is 48.1 Å². The fraction of sp³-hybridized carbons (Fsp3) is 0.409. The van der Waals surface area contributed by atoms with E-state index in [1.165, 1.54) is 4.31 Å². The molecule has 1 amide bonds. The van der Waals surface area contributed by atoms with Crippen molar-refractivity contribution in [2.24, 2.45) is 0 Å². The van der Waals surface area contributed by atoms with E-state index in [9.17, 15) is 13.2 Å². The minimum absolute atomic E-state index is 0.110. The first kappa shape index (κ1) is 21.9. The number of benzene rings is 1. The van der Waals surface area contributed by atoms with E-state index in [0.717, 1.165) is 30.4 Å². The molecule has 0 atom stereocenters. The second-order valence-electron chi connectivity index (χ2n) is 7.37. The molecule has 1 aliphatic heterocycles. The summed E-state index contributed by atoms with van der Waals surface area (Å²) in [4.78, 5) is 18.8. The van der Waals surface area contributed by atoms with Crippen LogP contribution in [0, 0.1) is 11.3 Å². The lowest BCUT2D eigenvalue weighted by Gasteiger charge is -2.26. The van der Waals surface area contributed by atoms with Crippen molar-refractivity contribution in [2.75, 3.05) is 19.6 Å². The molecule has 0 bridgehead atoms. The van der Waals surface area contributed by atoms with Crippen LogP contribution >= 0.6 is 0 Å².